The Kier molecular flexibility index (Phi) is 5.71. The number of hydrogen-bond acceptors (Lipinski definition) is 4. The van der Waals surface area contributed by atoms with Crippen LogP contribution in [0, 0.1) is 12.3 Å². The molecule has 3 N–H and O–H groups in total. The number of carbonyl (C=O) groups excluding carboxylic acids is 1. The van der Waals surface area contributed by atoms with Gasteiger partial charge >= 0.3 is 0 Å². The fraction of sp³-hybridized carbons (Fsp3) is 0.357. The molecule has 1 unspecified atom stereocenters. The predicted octanol–water partition coefficient (Wildman–Crippen LogP) is 0.671. The summed E-state index contributed by atoms with van der Waals surface area (Å²) in [7, 11) is 3.14. The fourth-order valence-corrected chi connectivity index (χ4v) is 1.53. The minimum atomic E-state index is -0.686. The highest BCUT2D eigenvalue weighted by Gasteiger charge is 2.12. The van der Waals surface area contributed by atoms with E-state index in [0.717, 1.165) is 5.56 Å². The second-order valence-corrected chi connectivity index (χ2v) is 3.91. The normalized spacial score (nSPS) is 11.3. The van der Waals surface area contributed by atoms with E-state index >= 15 is 0 Å². The fourth-order valence-electron chi connectivity index (χ4n) is 1.53. The third-order valence-electron chi connectivity index (χ3n) is 2.62. The number of nitrogens with one attached hydrogen (secondary N) is 1. The van der Waals surface area contributed by atoms with Gasteiger partial charge in [-0.05, 0) is 12.1 Å². The number of terminal acetylenes is 1. The summed E-state index contributed by atoms with van der Waals surface area (Å²) in [4.78, 5) is 11.6. The van der Waals surface area contributed by atoms with Crippen LogP contribution in [0.3, 0.4) is 0 Å². The van der Waals surface area contributed by atoms with Crippen LogP contribution in [0.15, 0.2) is 18.2 Å². The van der Waals surface area contributed by atoms with Crippen molar-refractivity contribution >= 4 is 5.91 Å². The summed E-state index contributed by atoms with van der Waals surface area (Å²) < 4.78 is 10.3. The van der Waals surface area contributed by atoms with Gasteiger partial charge in [-0.3, -0.25) is 4.79 Å². The summed E-state index contributed by atoms with van der Waals surface area (Å²) in [5.74, 6) is 3.41. The Balaban J connectivity index is 2.67. The first kappa shape index (κ1) is 14.9. The zero-order chi connectivity index (χ0) is 14.3. The van der Waals surface area contributed by atoms with Crippen molar-refractivity contribution in [1.29, 1.82) is 0 Å². The zero-order valence-corrected chi connectivity index (χ0v) is 11.1. The lowest BCUT2D eigenvalue weighted by molar-refractivity contribution is -0.122. The molecule has 1 rings (SSSR count). The average molecular weight is 262 g/mol. The Morgan fingerprint density at radius 1 is 1.47 bits per heavy atom. The first-order valence-electron chi connectivity index (χ1n) is 5.80. The quantitative estimate of drug-likeness (QED) is 0.739. The van der Waals surface area contributed by atoms with Crippen molar-refractivity contribution in [2.75, 3.05) is 14.2 Å². The summed E-state index contributed by atoms with van der Waals surface area (Å²) in [6, 6.07) is 4.69. The van der Waals surface area contributed by atoms with E-state index in [-0.39, 0.29) is 12.3 Å². The number of amides is 1. The van der Waals surface area contributed by atoms with Gasteiger partial charge in [0, 0.05) is 24.6 Å². The molecule has 0 aliphatic heterocycles. The van der Waals surface area contributed by atoms with E-state index in [0.29, 0.717) is 18.0 Å². The Hall–Kier alpha value is -2.19. The van der Waals surface area contributed by atoms with Crippen molar-refractivity contribution < 1.29 is 14.3 Å². The second-order valence-electron chi connectivity index (χ2n) is 3.91. The van der Waals surface area contributed by atoms with Gasteiger partial charge in [-0.25, -0.2) is 0 Å². The minimum absolute atomic E-state index is 0.214. The lowest BCUT2D eigenvalue weighted by Crippen LogP contribution is -2.39. The molecule has 0 saturated heterocycles. The smallest absolute Gasteiger partial charge is 0.238 e. The number of methoxy groups -OCH3 is 2. The Labute approximate surface area is 113 Å². The number of benzene rings is 1. The Morgan fingerprint density at radius 2 is 2.21 bits per heavy atom. The first-order valence-corrected chi connectivity index (χ1v) is 5.80. The van der Waals surface area contributed by atoms with Crippen molar-refractivity contribution in [2.24, 2.45) is 5.73 Å². The van der Waals surface area contributed by atoms with Crippen LogP contribution in [0.1, 0.15) is 12.0 Å². The molecule has 0 radical (unpaired) electrons. The van der Waals surface area contributed by atoms with Gasteiger partial charge in [0.2, 0.25) is 5.91 Å². The van der Waals surface area contributed by atoms with Gasteiger partial charge in [0.1, 0.15) is 11.5 Å². The zero-order valence-electron chi connectivity index (χ0n) is 11.1. The van der Waals surface area contributed by atoms with Crippen molar-refractivity contribution in [3.63, 3.8) is 0 Å². The standard InChI is InChI=1S/C14H18N2O3/c1-4-5-12(15)14(17)16-9-10-6-7-11(18-2)8-13(10)19-3/h1,6-8,12H,5,9,15H2,2-3H3,(H,16,17). The maximum atomic E-state index is 11.6. The maximum Gasteiger partial charge on any atom is 0.238 e. The molecule has 0 fully saturated rings. The third-order valence-corrected chi connectivity index (χ3v) is 2.62. The van der Waals surface area contributed by atoms with Crippen LogP contribution in [-0.4, -0.2) is 26.2 Å². The summed E-state index contributed by atoms with van der Waals surface area (Å²) >= 11 is 0. The molecular weight excluding hydrogens is 244 g/mol. The van der Waals surface area contributed by atoms with Crippen molar-refractivity contribution in [3.8, 4) is 23.8 Å². The molecule has 5 heteroatoms. The van der Waals surface area contributed by atoms with E-state index < -0.39 is 6.04 Å². The van der Waals surface area contributed by atoms with Crippen LogP contribution >= 0.6 is 0 Å². The van der Waals surface area contributed by atoms with Gasteiger partial charge in [-0.15, -0.1) is 12.3 Å². The topological polar surface area (TPSA) is 73.6 Å². The SMILES string of the molecule is C#CCC(N)C(=O)NCc1ccc(OC)cc1OC. The third kappa shape index (κ3) is 4.19. The van der Waals surface area contributed by atoms with Gasteiger partial charge in [0.15, 0.2) is 0 Å². The monoisotopic (exact) mass is 262 g/mol. The Morgan fingerprint density at radius 3 is 2.79 bits per heavy atom. The molecule has 1 amide bonds. The van der Waals surface area contributed by atoms with Crippen LogP contribution in [0.25, 0.3) is 0 Å². The summed E-state index contributed by atoms with van der Waals surface area (Å²) in [5.41, 5.74) is 6.44. The summed E-state index contributed by atoms with van der Waals surface area (Å²) in [5, 5.41) is 2.72. The van der Waals surface area contributed by atoms with Crippen LogP contribution in [0.2, 0.25) is 0 Å². The van der Waals surface area contributed by atoms with Gasteiger partial charge in [-0.2, -0.15) is 0 Å². The average Bonchev–Trinajstić information content (AvgIpc) is 2.44. The molecule has 0 aliphatic carbocycles. The van der Waals surface area contributed by atoms with Gasteiger partial charge < -0.3 is 20.5 Å². The molecule has 19 heavy (non-hydrogen) atoms. The first-order chi connectivity index (χ1) is 9.12. The molecule has 0 heterocycles. The number of ether oxygens (including phenoxy) is 2. The van der Waals surface area contributed by atoms with Gasteiger partial charge in [0.05, 0.1) is 20.3 Å². The molecule has 102 valence electrons. The molecule has 5 nitrogen and oxygen atoms in total. The Bertz CT molecular complexity index is 480. The van der Waals surface area contributed by atoms with Crippen molar-refractivity contribution in [2.45, 2.75) is 19.0 Å². The highest BCUT2D eigenvalue weighted by Crippen LogP contribution is 2.24. The van der Waals surface area contributed by atoms with E-state index in [1.165, 1.54) is 0 Å². The largest absolute Gasteiger partial charge is 0.497 e. The molecule has 0 spiro atoms. The molecule has 0 saturated carbocycles. The van der Waals surface area contributed by atoms with Crippen LogP contribution < -0.4 is 20.5 Å². The molecule has 0 aromatic heterocycles. The van der Waals surface area contributed by atoms with E-state index in [9.17, 15) is 4.79 Å². The number of nitrogens with two attached hydrogens (primary N) is 1. The summed E-state index contributed by atoms with van der Waals surface area (Å²) in [6.45, 7) is 0.324. The lowest BCUT2D eigenvalue weighted by atomic mass is 10.1. The van der Waals surface area contributed by atoms with Crippen LogP contribution in [0.4, 0.5) is 0 Å². The predicted molar refractivity (Wildman–Crippen MR) is 72.8 cm³/mol. The van der Waals surface area contributed by atoms with Gasteiger partial charge in [0.25, 0.3) is 0 Å². The minimum Gasteiger partial charge on any atom is -0.497 e. The highest BCUT2D eigenvalue weighted by molar-refractivity contribution is 5.81. The molecular formula is C14H18N2O3. The number of rotatable bonds is 6. The second kappa shape index (κ2) is 7.29. The molecule has 0 bridgehead atoms. The van der Waals surface area contributed by atoms with E-state index in [4.69, 9.17) is 21.6 Å². The highest BCUT2D eigenvalue weighted by atomic mass is 16.5. The molecule has 1 aromatic carbocycles. The van der Waals surface area contributed by atoms with E-state index in [1.807, 2.05) is 6.07 Å². The number of hydrogen-bond donors (Lipinski definition) is 2. The van der Waals surface area contributed by atoms with Gasteiger partial charge in [-0.1, -0.05) is 0 Å². The van der Waals surface area contributed by atoms with Crippen molar-refractivity contribution in [1.82, 2.24) is 5.32 Å². The lowest BCUT2D eigenvalue weighted by Gasteiger charge is -2.13. The molecule has 0 aliphatic rings. The van der Waals surface area contributed by atoms with Crippen molar-refractivity contribution in [3.05, 3.63) is 23.8 Å². The van der Waals surface area contributed by atoms with E-state index in [1.54, 1.807) is 26.4 Å². The molecule has 1 aromatic rings. The van der Waals surface area contributed by atoms with Crippen LogP contribution in [0.5, 0.6) is 11.5 Å². The maximum absolute atomic E-state index is 11.6. The summed E-state index contributed by atoms with van der Waals surface area (Å²) in [6.07, 6.45) is 5.32. The number of carbonyl (C=O) groups is 1. The molecule has 1 atom stereocenters. The van der Waals surface area contributed by atoms with E-state index in [2.05, 4.69) is 11.2 Å². The van der Waals surface area contributed by atoms with Crippen LogP contribution in [-0.2, 0) is 11.3 Å².